The van der Waals surface area contributed by atoms with E-state index in [0.717, 1.165) is 11.8 Å². The molecule has 0 saturated carbocycles. The Labute approximate surface area is 104 Å². The fourth-order valence-electron chi connectivity index (χ4n) is 2.86. The summed E-state index contributed by atoms with van der Waals surface area (Å²) in [4.78, 5) is 0. The Morgan fingerprint density at radius 1 is 0.875 bits per heavy atom. The Kier molecular flexibility index (Phi) is 8.14. The number of rotatable bonds is 9. The van der Waals surface area contributed by atoms with E-state index in [4.69, 9.17) is 0 Å². The van der Waals surface area contributed by atoms with Crippen molar-refractivity contribution in [2.45, 2.75) is 86.5 Å². The van der Waals surface area contributed by atoms with Gasteiger partial charge in [-0.05, 0) is 17.3 Å². The highest BCUT2D eigenvalue weighted by Crippen LogP contribution is 2.42. The van der Waals surface area contributed by atoms with E-state index in [1.54, 1.807) is 0 Å². The molecule has 0 aliphatic heterocycles. The zero-order valence-electron chi connectivity index (χ0n) is 12.6. The molecular formula is C16H34. The molecule has 0 rings (SSSR count). The maximum Gasteiger partial charge on any atom is -0.0277 e. The molecule has 0 aromatic rings. The van der Waals surface area contributed by atoms with Crippen molar-refractivity contribution >= 4 is 0 Å². The second-order valence-corrected chi connectivity index (χ2v) is 5.92. The molecule has 98 valence electrons. The van der Waals surface area contributed by atoms with E-state index < -0.39 is 0 Å². The Bertz CT molecular complexity index is 161. The second kappa shape index (κ2) is 8.14. The van der Waals surface area contributed by atoms with E-state index in [-0.39, 0.29) is 0 Å². The highest BCUT2D eigenvalue weighted by Gasteiger charge is 2.33. The molecule has 0 heterocycles. The summed E-state index contributed by atoms with van der Waals surface area (Å²) < 4.78 is 0. The monoisotopic (exact) mass is 226 g/mol. The molecule has 0 N–H and O–H groups in total. The predicted octanol–water partition coefficient (Wildman–Crippen LogP) is 6.06. The van der Waals surface area contributed by atoms with Gasteiger partial charge in [0.15, 0.2) is 0 Å². The van der Waals surface area contributed by atoms with Crippen molar-refractivity contribution in [3.05, 3.63) is 0 Å². The Balaban J connectivity index is 4.13. The van der Waals surface area contributed by atoms with Gasteiger partial charge in [0, 0.05) is 0 Å². The maximum atomic E-state index is 2.51. The molecular weight excluding hydrogens is 192 g/mol. The third kappa shape index (κ3) is 4.47. The minimum absolute atomic E-state index is 0.557. The molecule has 0 aliphatic rings. The quantitative estimate of drug-likeness (QED) is 0.419. The lowest BCUT2D eigenvalue weighted by molar-refractivity contribution is 0.0955. The lowest BCUT2D eigenvalue weighted by atomic mass is 9.65. The van der Waals surface area contributed by atoms with Gasteiger partial charge >= 0.3 is 0 Å². The molecule has 3 atom stereocenters. The number of unbranched alkanes of at least 4 members (excludes halogenated alkanes) is 3. The average molecular weight is 226 g/mol. The van der Waals surface area contributed by atoms with Crippen molar-refractivity contribution < 1.29 is 0 Å². The second-order valence-electron chi connectivity index (χ2n) is 5.92. The summed E-state index contributed by atoms with van der Waals surface area (Å²) in [5.74, 6) is 1.74. The first-order valence-corrected chi connectivity index (χ1v) is 7.52. The van der Waals surface area contributed by atoms with Gasteiger partial charge in [0.2, 0.25) is 0 Å². The van der Waals surface area contributed by atoms with Crippen molar-refractivity contribution in [1.82, 2.24) is 0 Å². The molecule has 0 radical (unpaired) electrons. The van der Waals surface area contributed by atoms with Crippen LogP contribution < -0.4 is 0 Å². The van der Waals surface area contributed by atoms with Crippen LogP contribution in [0.3, 0.4) is 0 Å². The van der Waals surface area contributed by atoms with Crippen molar-refractivity contribution in [2.75, 3.05) is 0 Å². The van der Waals surface area contributed by atoms with Crippen LogP contribution in [0.4, 0.5) is 0 Å². The molecule has 0 fully saturated rings. The predicted molar refractivity (Wildman–Crippen MR) is 75.8 cm³/mol. The Hall–Kier alpha value is 0. The van der Waals surface area contributed by atoms with E-state index in [9.17, 15) is 0 Å². The third-order valence-corrected chi connectivity index (χ3v) is 5.12. The van der Waals surface area contributed by atoms with Crippen molar-refractivity contribution in [1.29, 1.82) is 0 Å². The van der Waals surface area contributed by atoms with Crippen LogP contribution >= 0.6 is 0 Å². The number of hydrogen-bond donors (Lipinski definition) is 0. The first-order chi connectivity index (χ1) is 7.52. The van der Waals surface area contributed by atoms with E-state index in [1.807, 2.05) is 0 Å². The standard InChI is InChI=1S/C16H34/c1-7-10-11-12-13-15(5)16(6,9-3)14(4)8-2/h14-15H,7-13H2,1-6H3. The summed E-state index contributed by atoms with van der Waals surface area (Å²) in [5, 5.41) is 0. The first-order valence-electron chi connectivity index (χ1n) is 7.52. The molecule has 0 nitrogen and oxygen atoms in total. The lowest BCUT2D eigenvalue weighted by Crippen LogP contribution is -2.31. The molecule has 0 spiro atoms. The zero-order chi connectivity index (χ0) is 12.6. The number of hydrogen-bond acceptors (Lipinski definition) is 0. The fourth-order valence-corrected chi connectivity index (χ4v) is 2.86. The molecule has 0 saturated heterocycles. The molecule has 0 aromatic heterocycles. The van der Waals surface area contributed by atoms with Gasteiger partial charge in [-0.25, -0.2) is 0 Å². The Morgan fingerprint density at radius 2 is 1.50 bits per heavy atom. The summed E-state index contributed by atoms with van der Waals surface area (Å²) in [6.07, 6.45) is 9.71. The molecule has 3 unspecified atom stereocenters. The summed E-state index contributed by atoms with van der Waals surface area (Å²) in [6.45, 7) is 14.4. The van der Waals surface area contributed by atoms with Gasteiger partial charge in [0.25, 0.3) is 0 Å². The highest BCUT2D eigenvalue weighted by molar-refractivity contribution is 4.83. The molecule has 0 aromatic carbocycles. The van der Waals surface area contributed by atoms with Gasteiger partial charge < -0.3 is 0 Å². The molecule has 0 amide bonds. The minimum atomic E-state index is 0.557. The molecule has 0 aliphatic carbocycles. The zero-order valence-corrected chi connectivity index (χ0v) is 12.6. The van der Waals surface area contributed by atoms with Crippen LogP contribution in [-0.4, -0.2) is 0 Å². The van der Waals surface area contributed by atoms with Gasteiger partial charge in [0.1, 0.15) is 0 Å². The van der Waals surface area contributed by atoms with Crippen LogP contribution in [0, 0.1) is 17.3 Å². The average Bonchev–Trinajstić information content (AvgIpc) is 2.32. The van der Waals surface area contributed by atoms with Crippen molar-refractivity contribution in [3.63, 3.8) is 0 Å². The van der Waals surface area contributed by atoms with Crippen LogP contribution in [0.15, 0.2) is 0 Å². The Morgan fingerprint density at radius 3 is 1.94 bits per heavy atom. The molecule has 16 heavy (non-hydrogen) atoms. The fraction of sp³-hybridized carbons (Fsp3) is 1.00. The summed E-state index contributed by atoms with van der Waals surface area (Å²) in [7, 11) is 0. The van der Waals surface area contributed by atoms with Gasteiger partial charge in [0.05, 0.1) is 0 Å². The van der Waals surface area contributed by atoms with Crippen LogP contribution in [-0.2, 0) is 0 Å². The summed E-state index contributed by atoms with van der Waals surface area (Å²) in [5.41, 5.74) is 0.557. The van der Waals surface area contributed by atoms with Crippen molar-refractivity contribution in [3.8, 4) is 0 Å². The highest BCUT2D eigenvalue weighted by atomic mass is 14.4. The smallest absolute Gasteiger partial charge is 0.0277 e. The third-order valence-electron chi connectivity index (χ3n) is 5.12. The molecule has 0 bridgehead atoms. The van der Waals surface area contributed by atoms with Gasteiger partial charge in [-0.1, -0.05) is 86.5 Å². The van der Waals surface area contributed by atoms with Crippen LogP contribution in [0.5, 0.6) is 0 Å². The summed E-state index contributed by atoms with van der Waals surface area (Å²) >= 11 is 0. The first kappa shape index (κ1) is 16.0. The lowest BCUT2D eigenvalue weighted by Gasteiger charge is -2.40. The van der Waals surface area contributed by atoms with Crippen molar-refractivity contribution in [2.24, 2.45) is 17.3 Å². The van der Waals surface area contributed by atoms with E-state index in [0.29, 0.717) is 5.41 Å². The topological polar surface area (TPSA) is 0 Å². The molecule has 0 heteroatoms. The van der Waals surface area contributed by atoms with E-state index >= 15 is 0 Å². The normalized spacial score (nSPS) is 19.1. The van der Waals surface area contributed by atoms with E-state index in [1.165, 1.54) is 44.9 Å². The van der Waals surface area contributed by atoms with Gasteiger partial charge in [-0.15, -0.1) is 0 Å². The van der Waals surface area contributed by atoms with Gasteiger partial charge in [-0.2, -0.15) is 0 Å². The minimum Gasteiger partial charge on any atom is -0.0654 e. The summed E-state index contributed by atoms with van der Waals surface area (Å²) in [6, 6.07) is 0. The van der Waals surface area contributed by atoms with E-state index in [2.05, 4.69) is 41.5 Å². The van der Waals surface area contributed by atoms with Crippen LogP contribution in [0.2, 0.25) is 0 Å². The van der Waals surface area contributed by atoms with Gasteiger partial charge in [-0.3, -0.25) is 0 Å². The largest absolute Gasteiger partial charge is 0.0654 e. The van der Waals surface area contributed by atoms with Crippen LogP contribution in [0.25, 0.3) is 0 Å². The SMILES string of the molecule is CCCCCCC(C)C(C)(CC)C(C)CC. The maximum absolute atomic E-state index is 2.51. The van der Waals surface area contributed by atoms with Crippen LogP contribution in [0.1, 0.15) is 86.5 Å².